The normalized spacial score (nSPS) is 10.1. The van der Waals surface area contributed by atoms with Gasteiger partial charge in [-0.05, 0) is 30.9 Å². The van der Waals surface area contributed by atoms with Crippen molar-refractivity contribution in [1.82, 2.24) is 5.32 Å². The molecule has 0 aliphatic rings. The van der Waals surface area contributed by atoms with Gasteiger partial charge in [0, 0.05) is 19.6 Å². The zero-order valence-corrected chi connectivity index (χ0v) is 10.8. The van der Waals surface area contributed by atoms with Gasteiger partial charge in [-0.3, -0.25) is 4.79 Å². The van der Waals surface area contributed by atoms with Gasteiger partial charge in [0.15, 0.2) is 0 Å². The standard InChI is InChI=1S/C14H21NO3/c1-18-13-7-3-2-6-12(13)8-9-14(17)15-10-4-5-11-16/h2-3,6-7,16H,4-5,8-11H2,1H3,(H,15,17). The Hall–Kier alpha value is -1.55. The van der Waals surface area contributed by atoms with Crippen LogP contribution in [0.2, 0.25) is 0 Å². The number of nitrogens with one attached hydrogen (secondary N) is 1. The van der Waals surface area contributed by atoms with Crippen molar-refractivity contribution in [2.24, 2.45) is 0 Å². The van der Waals surface area contributed by atoms with Crippen molar-refractivity contribution in [1.29, 1.82) is 0 Å². The molecule has 1 aromatic rings. The number of hydrogen-bond donors (Lipinski definition) is 2. The highest BCUT2D eigenvalue weighted by Crippen LogP contribution is 2.18. The van der Waals surface area contributed by atoms with Crippen LogP contribution < -0.4 is 10.1 Å². The first kappa shape index (κ1) is 14.5. The predicted molar refractivity (Wildman–Crippen MR) is 70.6 cm³/mol. The van der Waals surface area contributed by atoms with E-state index in [2.05, 4.69) is 5.32 Å². The summed E-state index contributed by atoms with van der Waals surface area (Å²) in [4.78, 5) is 11.6. The number of carbonyl (C=O) groups excluding carboxylic acids is 1. The van der Waals surface area contributed by atoms with Gasteiger partial charge in [-0.1, -0.05) is 18.2 Å². The number of aliphatic hydroxyl groups is 1. The third-order valence-corrected chi connectivity index (χ3v) is 2.72. The molecule has 0 bridgehead atoms. The Kier molecular flexibility index (Phi) is 6.87. The molecule has 0 heterocycles. The number of hydrogen-bond acceptors (Lipinski definition) is 3. The molecule has 0 aromatic heterocycles. The van der Waals surface area contributed by atoms with Gasteiger partial charge in [-0.2, -0.15) is 0 Å². The second-order valence-electron chi connectivity index (χ2n) is 4.09. The lowest BCUT2D eigenvalue weighted by Crippen LogP contribution is -2.24. The van der Waals surface area contributed by atoms with E-state index in [9.17, 15) is 4.79 Å². The van der Waals surface area contributed by atoms with Crippen LogP contribution in [0.4, 0.5) is 0 Å². The van der Waals surface area contributed by atoms with Crippen molar-refractivity contribution in [3.8, 4) is 5.75 Å². The minimum atomic E-state index is 0.0406. The number of methoxy groups -OCH3 is 1. The van der Waals surface area contributed by atoms with Gasteiger partial charge in [-0.15, -0.1) is 0 Å². The largest absolute Gasteiger partial charge is 0.496 e. The van der Waals surface area contributed by atoms with Gasteiger partial charge in [-0.25, -0.2) is 0 Å². The molecule has 1 rings (SSSR count). The number of rotatable bonds is 8. The van der Waals surface area contributed by atoms with Crippen LogP contribution >= 0.6 is 0 Å². The number of amides is 1. The molecular weight excluding hydrogens is 230 g/mol. The molecule has 0 saturated heterocycles. The van der Waals surface area contributed by atoms with Crippen LogP contribution in [0.1, 0.15) is 24.8 Å². The molecule has 100 valence electrons. The zero-order chi connectivity index (χ0) is 13.2. The quantitative estimate of drug-likeness (QED) is 0.689. The molecule has 0 unspecified atom stereocenters. The van der Waals surface area contributed by atoms with Crippen molar-refractivity contribution in [3.05, 3.63) is 29.8 Å². The summed E-state index contributed by atoms with van der Waals surface area (Å²) < 4.78 is 5.23. The minimum absolute atomic E-state index is 0.0406. The van der Waals surface area contributed by atoms with Crippen LogP contribution in [0.25, 0.3) is 0 Å². The highest BCUT2D eigenvalue weighted by atomic mass is 16.5. The summed E-state index contributed by atoms with van der Waals surface area (Å²) in [6.45, 7) is 0.808. The van der Waals surface area contributed by atoms with Crippen molar-refractivity contribution in [2.75, 3.05) is 20.3 Å². The molecule has 1 aromatic carbocycles. The van der Waals surface area contributed by atoms with Crippen LogP contribution in [0.15, 0.2) is 24.3 Å². The monoisotopic (exact) mass is 251 g/mol. The summed E-state index contributed by atoms with van der Waals surface area (Å²) in [5, 5.41) is 11.4. The number of aryl methyl sites for hydroxylation is 1. The maximum absolute atomic E-state index is 11.6. The van der Waals surface area contributed by atoms with Crippen LogP contribution in [0.5, 0.6) is 5.75 Å². The number of benzene rings is 1. The van der Waals surface area contributed by atoms with Crippen LogP contribution in [0.3, 0.4) is 0 Å². The maximum Gasteiger partial charge on any atom is 0.220 e. The molecule has 4 heteroatoms. The Morgan fingerprint density at radius 1 is 1.33 bits per heavy atom. The van der Waals surface area contributed by atoms with Crippen molar-refractivity contribution < 1.29 is 14.6 Å². The van der Waals surface area contributed by atoms with E-state index in [1.807, 2.05) is 24.3 Å². The third kappa shape index (κ3) is 5.19. The van der Waals surface area contributed by atoms with Crippen LogP contribution in [-0.4, -0.2) is 31.3 Å². The summed E-state index contributed by atoms with van der Waals surface area (Å²) in [5.74, 6) is 0.865. The van der Waals surface area contributed by atoms with E-state index >= 15 is 0 Å². The van der Waals surface area contributed by atoms with Gasteiger partial charge in [0.05, 0.1) is 7.11 Å². The van der Waals surface area contributed by atoms with E-state index in [0.717, 1.165) is 24.2 Å². The lowest BCUT2D eigenvalue weighted by Gasteiger charge is -2.08. The summed E-state index contributed by atoms with van der Waals surface area (Å²) in [5.41, 5.74) is 1.05. The lowest BCUT2D eigenvalue weighted by molar-refractivity contribution is -0.121. The van der Waals surface area contributed by atoms with Crippen LogP contribution in [-0.2, 0) is 11.2 Å². The molecule has 0 aliphatic heterocycles. The van der Waals surface area contributed by atoms with Crippen molar-refractivity contribution >= 4 is 5.91 Å². The molecule has 0 atom stereocenters. The SMILES string of the molecule is COc1ccccc1CCC(=O)NCCCCO. The third-order valence-electron chi connectivity index (χ3n) is 2.72. The molecule has 4 nitrogen and oxygen atoms in total. The maximum atomic E-state index is 11.6. The molecule has 18 heavy (non-hydrogen) atoms. The van der Waals surface area contributed by atoms with Gasteiger partial charge in [0.1, 0.15) is 5.75 Å². The Labute approximate surface area is 108 Å². The highest BCUT2D eigenvalue weighted by molar-refractivity contribution is 5.76. The van der Waals surface area contributed by atoms with Crippen molar-refractivity contribution in [2.45, 2.75) is 25.7 Å². The van der Waals surface area contributed by atoms with E-state index in [-0.39, 0.29) is 12.5 Å². The molecule has 0 aliphatic carbocycles. The van der Waals surface area contributed by atoms with E-state index in [4.69, 9.17) is 9.84 Å². The molecule has 2 N–H and O–H groups in total. The fourth-order valence-corrected chi connectivity index (χ4v) is 1.71. The Balaban J connectivity index is 2.29. The number of para-hydroxylation sites is 1. The second-order valence-corrected chi connectivity index (χ2v) is 4.09. The average molecular weight is 251 g/mol. The first-order chi connectivity index (χ1) is 8.77. The summed E-state index contributed by atoms with van der Waals surface area (Å²) >= 11 is 0. The minimum Gasteiger partial charge on any atom is -0.496 e. The van der Waals surface area contributed by atoms with Gasteiger partial charge < -0.3 is 15.2 Å². The molecule has 0 spiro atoms. The smallest absolute Gasteiger partial charge is 0.220 e. The summed E-state index contributed by atoms with van der Waals surface area (Å²) in [6.07, 6.45) is 2.68. The lowest BCUT2D eigenvalue weighted by atomic mass is 10.1. The fraction of sp³-hybridized carbons (Fsp3) is 0.500. The van der Waals surface area contributed by atoms with Crippen molar-refractivity contribution in [3.63, 3.8) is 0 Å². The zero-order valence-electron chi connectivity index (χ0n) is 10.8. The molecule has 0 fully saturated rings. The molecule has 0 saturated carbocycles. The Morgan fingerprint density at radius 2 is 2.11 bits per heavy atom. The average Bonchev–Trinajstić information content (AvgIpc) is 2.41. The Bertz CT molecular complexity index is 366. The van der Waals surface area contributed by atoms with E-state index in [1.165, 1.54) is 0 Å². The van der Waals surface area contributed by atoms with Crippen LogP contribution in [0, 0.1) is 0 Å². The highest BCUT2D eigenvalue weighted by Gasteiger charge is 2.05. The fourth-order valence-electron chi connectivity index (χ4n) is 1.71. The summed E-state index contributed by atoms with van der Waals surface area (Å²) in [6, 6.07) is 7.72. The van der Waals surface area contributed by atoms with Gasteiger partial charge in [0.25, 0.3) is 0 Å². The summed E-state index contributed by atoms with van der Waals surface area (Å²) in [7, 11) is 1.63. The predicted octanol–water partition coefficient (Wildman–Crippen LogP) is 1.52. The van der Waals surface area contributed by atoms with E-state index in [1.54, 1.807) is 7.11 Å². The number of carbonyl (C=O) groups is 1. The first-order valence-corrected chi connectivity index (χ1v) is 6.27. The molecule has 0 radical (unpaired) electrons. The topological polar surface area (TPSA) is 58.6 Å². The number of ether oxygens (including phenoxy) is 1. The second kappa shape index (κ2) is 8.53. The first-order valence-electron chi connectivity index (χ1n) is 6.27. The Morgan fingerprint density at radius 3 is 2.83 bits per heavy atom. The number of aliphatic hydroxyl groups excluding tert-OH is 1. The van der Waals surface area contributed by atoms with Gasteiger partial charge >= 0.3 is 0 Å². The molecule has 1 amide bonds. The van der Waals surface area contributed by atoms with E-state index < -0.39 is 0 Å². The molecular formula is C14H21NO3. The number of unbranched alkanes of at least 4 members (excludes halogenated alkanes) is 1. The van der Waals surface area contributed by atoms with Gasteiger partial charge in [0.2, 0.25) is 5.91 Å². The van der Waals surface area contributed by atoms with E-state index in [0.29, 0.717) is 19.4 Å².